The summed E-state index contributed by atoms with van der Waals surface area (Å²) in [6, 6.07) is 49.2. The van der Waals surface area contributed by atoms with Gasteiger partial charge in [-0.25, -0.2) is 15.0 Å². The first-order chi connectivity index (χ1) is 24.3. The van der Waals surface area contributed by atoms with Gasteiger partial charge in [0.05, 0.1) is 0 Å². The van der Waals surface area contributed by atoms with E-state index >= 15 is 0 Å². The van der Waals surface area contributed by atoms with Crippen molar-refractivity contribution in [3.05, 3.63) is 151 Å². The fraction of sp³-hybridized carbons (Fsp3) is 0.133. The Kier molecular flexibility index (Phi) is 6.38. The molecule has 0 saturated heterocycles. The highest BCUT2D eigenvalue weighted by atomic mass is 16.3. The minimum absolute atomic E-state index is 0.0428. The number of nitrogens with zero attached hydrogens (tertiary/aromatic N) is 3. The lowest BCUT2D eigenvalue weighted by atomic mass is 9.67. The van der Waals surface area contributed by atoms with Crippen molar-refractivity contribution >= 4 is 21.9 Å². The van der Waals surface area contributed by atoms with Gasteiger partial charge in [0.25, 0.3) is 0 Å². The van der Waals surface area contributed by atoms with Crippen molar-refractivity contribution in [1.82, 2.24) is 15.0 Å². The van der Waals surface area contributed by atoms with Crippen molar-refractivity contribution < 1.29 is 4.42 Å². The second-order valence-corrected chi connectivity index (χ2v) is 13.4. The van der Waals surface area contributed by atoms with Gasteiger partial charge in [0.15, 0.2) is 17.5 Å². The van der Waals surface area contributed by atoms with Gasteiger partial charge >= 0.3 is 0 Å². The summed E-state index contributed by atoms with van der Waals surface area (Å²) in [5, 5.41) is 2.34. The molecule has 2 aliphatic rings. The van der Waals surface area contributed by atoms with Gasteiger partial charge in [0.2, 0.25) is 0 Å². The Morgan fingerprint density at radius 3 is 1.84 bits per heavy atom. The monoisotopic (exact) mass is 631 g/mol. The molecular formula is C45H33N3O. The van der Waals surface area contributed by atoms with E-state index in [0.29, 0.717) is 17.5 Å². The van der Waals surface area contributed by atoms with Crippen molar-refractivity contribution in [2.24, 2.45) is 0 Å². The van der Waals surface area contributed by atoms with Gasteiger partial charge < -0.3 is 4.42 Å². The van der Waals surface area contributed by atoms with Crippen molar-refractivity contribution in [3.63, 3.8) is 0 Å². The summed E-state index contributed by atoms with van der Waals surface area (Å²) in [7, 11) is 0. The molecule has 1 spiro atoms. The Balaban J connectivity index is 1.20. The number of furan rings is 1. The molecule has 49 heavy (non-hydrogen) atoms. The molecule has 0 radical (unpaired) electrons. The maximum Gasteiger partial charge on any atom is 0.164 e. The first-order valence-electron chi connectivity index (χ1n) is 17.3. The van der Waals surface area contributed by atoms with Crippen molar-refractivity contribution in [3.8, 4) is 56.4 Å². The molecule has 4 nitrogen and oxygen atoms in total. The summed E-state index contributed by atoms with van der Waals surface area (Å²) < 4.78 is 6.30. The third kappa shape index (κ3) is 4.40. The molecule has 0 aliphatic heterocycles. The van der Waals surface area contributed by atoms with Gasteiger partial charge in [-0.1, -0.05) is 141 Å². The van der Waals surface area contributed by atoms with Crippen molar-refractivity contribution in [2.45, 2.75) is 37.5 Å². The van der Waals surface area contributed by atoms with Crippen LogP contribution in [0.2, 0.25) is 0 Å². The summed E-state index contributed by atoms with van der Waals surface area (Å²) in [4.78, 5) is 15.3. The summed E-state index contributed by atoms with van der Waals surface area (Å²) in [6.07, 6.45) is 6.00. The van der Waals surface area contributed by atoms with E-state index in [4.69, 9.17) is 19.4 Å². The number of hydrogen-bond acceptors (Lipinski definition) is 4. The Hall–Kier alpha value is -5.87. The van der Waals surface area contributed by atoms with E-state index in [1.807, 2.05) is 42.5 Å². The van der Waals surface area contributed by atoms with Gasteiger partial charge in [-0.3, -0.25) is 0 Å². The standard InChI is InChI=1S/C45H33N3O/c1-4-14-29(15-5-1)42-46-43(30-16-6-2-7-17-30)48-44(47-42)35-20-12-21-36-40(35)33-25-24-31(28-37(33)45(36)26-10-3-11-27-45)32-19-13-23-39-41(32)34-18-8-9-22-38(34)49-39/h1-2,4-9,12-25,28H,3,10-11,26-27H2. The summed E-state index contributed by atoms with van der Waals surface area (Å²) in [5.41, 5.74) is 12.7. The van der Waals surface area contributed by atoms with E-state index in [0.717, 1.165) is 46.1 Å². The topological polar surface area (TPSA) is 51.8 Å². The largest absolute Gasteiger partial charge is 0.456 e. The highest BCUT2D eigenvalue weighted by molar-refractivity contribution is 6.12. The molecule has 8 aromatic rings. The van der Waals surface area contributed by atoms with Crippen LogP contribution in [0, 0.1) is 0 Å². The SMILES string of the molecule is c1ccc(-c2nc(-c3ccccc3)nc(-c3cccc4c3-c3ccc(-c5cccc6oc7ccccc7c56)cc3C43CCCCC3)n2)cc1. The molecule has 10 rings (SSSR count). The number of hydrogen-bond donors (Lipinski definition) is 0. The van der Waals surface area contributed by atoms with E-state index in [9.17, 15) is 0 Å². The van der Waals surface area contributed by atoms with E-state index < -0.39 is 0 Å². The molecule has 0 amide bonds. The smallest absolute Gasteiger partial charge is 0.164 e. The average Bonchev–Trinajstić information content (AvgIpc) is 3.69. The Labute approximate surface area is 285 Å². The molecule has 0 atom stereocenters. The molecule has 6 aromatic carbocycles. The van der Waals surface area contributed by atoms with Gasteiger partial charge in [-0.05, 0) is 64.4 Å². The maximum absolute atomic E-state index is 6.30. The molecular weight excluding hydrogens is 599 g/mol. The molecule has 234 valence electrons. The minimum Gasteiger partial charge on any atom is -0.456 e. The zero-order valence-electron chi connectivity index (χ0n) is 27.1. The first-order valence-corrected chi connectivity index (χ1v) is 17.3. The van der Waals surface area contributed by atoms with Gasteiger partial charge in [-0.15, -0.1) is 0 Å². The number of rotatable bonds is 4. The fourth-order valence-electron chi connectivity index (χ4n) is 8.54. The molecule has 1 fully saturated rings. The summed E-state index contributed by atoms with van der Waals surface area (Å²) >= 11 is 0. The van der Waals surface area contributed by atoms with Crippen LogP contribution < -0.4 is 0 Å². The quantitative estimate of drug-likeness (QED) is 0.194. The lowest BCUT2D eigenvalue weighted by Gasteiger charge is -2.36. The lowest BCUT2D eigenvalue weighted by Crippen LogP contribution is -2.28. The van der Waals surface area contributed by atoms with Crippen LogP contribution in [-0.2, 0) is 5.41 Å². The van der Waals surface area contributed by atoms with Gasteiger partial charge in [0.1, 0.15) is 11.2 Å². The van der Waals surface area contributed by atoms with Crippen LogP contribution in [0.3, 0.4) is 0 Å². The second-order valence-electron chi connectivity index (χ2n) is 13.4. The molecule has 2 heterocycles. The van der Waals surface area contributed by atoms with E-state index in [1.165, 1.54) is 58.0 Å². The predicted molar refractivity (Wildman–Crippen MR) is 198 cm³/mol. The van der Waals surface area contributed by atoms with Crippen LogP contribution >= 0.6 is 0 Å². The van der Waals surface area contributed by atoms with Crippen LogP contribution in [0.1, 0.15) is 43.2 Å². The highest BCUT2D eigenvalue weighted by Gasteiger charge is 2.45. The summed E-state index contributed by atoms with van der Waals surface area (Å²) in [5.74, 6) is 2.08. The van der Waals surface area contributed by atoms with Crippen LogP contribution in [-0.4, -0.2) is 15.0 Å². The Morgan fingerprint density at radius 2 is 1.08 bits per heavy atom. The van der Waals surface area contributed by atoms with Crippen LogP contribution in [0.25, 0.3) is 78.4 Å². The molecule has 2 aromatic heterocycles. The van der Waals surface area contributed by atoms with Gasteiger partial charge in [-0.2, -0.15) is 0 Å². The number of fused-ring (bicyclic) bond motifs is 8. The van der Waals surface area contributed by atoms with Crippen LogP contribution in [0.5, 0.6) is 0 Å². The van der Waals surface area contributed by atoms with E-state index in [2.05, 4.69) is 97.1 Å². The molecule has 1 saturated carbocycles. The first kappa shape index (κ1) is 28.2. The van der Waals surface area contributed by atoms with Crippen molar-refractivity contribution in [2.75, 3.05) is 0 Å². The maximum atomic E-state index is 6.30. The van der Waals surface area contributed by atoms with E-state index in [1.54, 1.807) is 0 Å². The molecule has 2 aliphatic carbocycles. The van der Waals surface area contributed by atoms with E-state index in [-0.39, 0.29) is 5.41 Å². The van der Waals surface area contributed by atoms with Crippen molar-refractivity contribution in [1.29, 1.82) is 0 Å². The predicted octanol–water partition coefficient (Wildman–Crippen LogP) is 11.7. The van der Waals surface area contributed by atoms with Crippen LogP contribution in [0.4, 0.5) is 0 Å². The zero-order valence-corrected chi connectivity index (χ0v) is 27.1. The molecule has 0 N–H and O–H groups in total. The number of benzene rings is 6. The number of para-hydroxylation sites is 1. The Morgan fingerprint density at radius 1 is 0.449 bits per heavy atom. The number of aromatic nitrogens is 3. The zero-order chi connectivity index (χ0) is 32.4. The van der Waals surface area contributed by atoms with Gasteiger partial charge in [0, 0.05) is 32.9 Å². The molecule has 0 unspecified atom stereocenters. The summed E-state index contributed by atoms with van der Waals surface area (Å²) in [6.45, 7) is 0. The molecule has 4 heteroatoms. The minimum atomic E-state index is -0.0428. The molecule has 0 bridgehead atoms. The lowest BCUT2D eigenvalue weighted by molar-refractivity contribution is 0.353. The van der Waals surface area contributed by atoms with Crippen LogP contribution in [0.15, 0.2) is 144 Å². The highest BCUT2D eigenvalue weighted by Crippen LogP contribution is 2.58. The second kappa shape index (κ2) is 11.1. The average molecular weight is 632 g/mol. The normalized spacial score (nSPS) is 14.7. The third-order valence-electron chi connectivity index (χ3n) is 10.7. The third-order valence-corrected chi connectivity index (χ3v) is 10.7. The Bertz CT molecular complexity index is 2470. The fourth-order valence-corrected chi connectivity index (χ4v) is 8.54.